The molecule has 0 aromatic rings. The topological polar surface area (TPSA) is 9.23 Å². The van der Waals surface area contributed by atoms with Gasteiger partial charge in [-0.1, -0.05) is 13.3 Å². The molecule has 1 aliphatic carbocycles. The first-order chi connectivity index (χ1) is 4.74. The lowest BCUT2D eigenvalue weighted by atomic mass is 9.80. The van der Waals surface area contributed by atoms with Crippen LogP contribution in [0.3, 0.4) is 0 Å². The number of hydrogen-bond donors (Lipinski definition) is 0. The van der Waals surface area contributed by atoms with E-state index in [1.807, 2.05) is 0 Å². The summed E-state index contributed by atoms with van der Waals surface area (Å²) in [5.74, 6) is 0.623. The Hall–Kier alpha value is -0.110. The summed E-state index contributed by atoms with van der Waals surface area (Å²) < 4.78 is 17.3. The smallest absolute Gasteiger partial charge is 0.196 e. The summed E-state index contributed by atoms with van der Waals surface area (Å²) in [6.45, 7) is 3.58. The van der Waals surface area contributed by atoms with Crippen LogP contribution in [0, 0.1) is 5.92 Å². The van der Waals surface area contributed by atoms with E-state index in [1.54, 1.807) is 0 Å². The minimum absolute atomic E-state index is 0.213. The zero-order valence-electron chi connectivity index (χ0n) is 6.64. The van der Waals surface area contributed by atoms with Crippen LogP contribution in [-0.2, 0) is 4.74 Å². The lowest BCUT2D eigenvalue weighted by Gasteiger charge is -2.35. The van der Waals surface area contributed by atoms with Crippen molar-refractivity contribution in [1.82, 2.24) is 0 Å². The predicted octanol–water partition coefficient (Wildman–Crippen LogP) is 2.51. The van der Waals surface area contributed by atoms with Gasteiger partial charge in [0.25, 0.3) is 0 Å². The van der Waals surface area contributed by atoms with Crippen LogP contribution in [0.5, 0.6) is 0 Å². The summed E-state index contributed by atoms with van der Waals surface area (Å²) in [4.78, 5) is 0. The quantitative estimate of drug-likeness (QED) is 0.594. The molecular formula is C8H15FO. The van der Waals surface area contributed by atoms with Crippen molar-refractivity contribution < 1.29 is 9.13 Å². The van der Waals surface area contributed by atoms with Crippen molar-refractivity contribution >= 4 is 0 Å². The molecule has 0 heterocycles. The highest BCUT2D eigenvalue weighted by Crippen LogP contribution is 2.33. The van der Waals surface area contributed by atoms with Gasteiger partial charge < -0.3 is 4.74 Å². The fraction of sp³-hybridized carbons (Fsp3) is 1.00. The lowest BCUT2D eigenvalue weighted by molar-refractivity contribution is -0.131. The van der Waals surface area contributed by atoms with Gasteiger partial charge in [-0.3, -0.25) is 0 Å². The Kier molecular flexibility index (Phi) is 2.66. The van der Waals surface area contributed by atoms with Crippen molar-refractivity contribution in [2.45, 2.75) is 45.6 Å². The predicted molar refractivity (Wildman–Crippen MR) is 38.5 cm³/mol. The SMILES string of the molecule is CC[C@@H]1CC[C@H]1OC(C)F. The highest BCUT2D eigenvalue weighted by Gasteiger charge is 2.31. The molecule has 0 N–H and O–H groups in total. The molecule has 0 saturated heterocycles. The molecule has 0 radical (unpaired) electrons. The molecule has 1 rings (SSSR count). The van der Waals surface area contributed by atoms with E-state index in [-0.39, 0.29) is 6.10 Å². The molecule has 1 saturated carbocycles. The largest absolute Gasteiger partial charge is 0.345 e. The third-order valence-corrected chi connectivity index (χ3v) is 2.23. The Balaban J connectivity index is 2.16. The Morgan fingerprint density at radius 1 is 1.60 bits per heavy atom. The van der Waals surface area contributed by atoms with Gasteiger partial charge in [-0.25, -0.2) is 4.39 Å². The van der Waals surface area contributed by atoms with E-state index in [0.717, 1.165) is 12.8 Å². The Bertz CT molecular complexity index is 101. The maximum absolute atomic E-state index is 12.3. The van der Waals surface area contributed by atoms with Crippen molar-refractivity contribution in [3.8, 4) is 0 Å². The molecule has 1 aliphatic rings. The first kappa shape index (κ1) is 7.99. The van der Waals surface area contributed by atoms with Crippen molar-refractivity contribution in [1.29, 1.82) is 0 Å². The monoisotopic (exact) mass is 146 g/mol. The highest BCUT2D eigenvalue weighted by molar-refractivity contribution is 4.80. The van der Waals surface area contributed by atoms with Crippen LogP contribution in [-0.4, -0.2) is 12.5 Å². The first-order valence-corrected chi connectivity index (χ1v) is 4.03. The molecule has 0 amide bonds. The molecule has 0 aliphatic heterocycles. The number of hydrogen-bond acceptors (Lipinski definition) is 1. The average Bonchev–Trinajstić information content (AvgIpc) is 1.82. The van der Waals surface area contributed by atoms with Crippen LogP contribution in [0.4, 0.5) is 4.39 Å². The van der Waals surface area contributed by atoms with E-state index in [2.05, 4.69) is 6.92 Å². The van der Waals surface area contributed by atoms with Crippen LogP contribution in [0.1, 0.15) is 33.1 Å². The van der Waals surface area contributed by atoms with Gasteiger partial charge in [0.05, 0.1) is 6.10 Å². The molecule has 0 aromatic carbocycles. The van der Waals surface area contributed by atoms with Crippen LogP contribution in [0.25, 0.3) is 0 Å². The summed E-state index contributed by atoms with van der Waals surface area (Å²) in [5.41, 5.74) is 0. The maximum Gasteiger partial charge on any atom is 0.196 e. The van der Waals surface area contributed by atoms with Crippen LogP contribution in [0.2, 0.25) is 0 Å². The molecule has 10 heavy (non-hydrogen) atoms. The summed E-state index contributed by atoms with van der Waals surface area (Å²) >= 11 is 0. The molecule has 0 spiro atoms. The van der Waals surface area contributed by atoms with Gasteiger partial charge in [0.2, 0.25) is 0 Å². The van der Waals surface area contributed by atoms with Gasteiger partial charge in [-0.15, -0.1) is 0 Å². The Morgan fingerprint density at radius 3 is 2.60 bits per heavy atom. The number of ether oxygens (including phenoxy) is 1. The number of alkyl halides is 1. The third-order valence-electron chi connectivity index (χ3n) is 2.23. The van der Waals surface area contributed by atoms with Gasteiger partial charge in [-0.2, -0.15) is 0 Å². The second-order valence-electron chi connectivity index (χ2n) is 2.96. The van der Waals surface area contributed by atoms with Crippen molar-refractivity contribution in [3.05, 3.63) is 0 Å². The highest BCUT2D eigenvalue weighted by atomic mass is 19.1. The van der Waals surface area contributed by atoms with E-state index < -0.39 is 6.36 Å². The van der Waals surface area contributed by atoms with Gasteiger partial charge in [-0.05, 0) is 25.7 Å². The summed E-state index contributed by atoms with van der Waals surface area (Å²) in [7, 11) is 0. The number of rotatable bonds is 3. The normalized spacial score (nSPS) is 35.1. The lowest BCUT2D eigenvalue weighted by Crippen LogP contribution is -2.35. The van der Waals surface area contributed by atoms with Crippen LogP contribution in [0.15, 0.2) is 0 Å². The van der Waals surface area contributed by atoms with E-state index in [0.29, 0.717) is 5.92 Å². The van der Waals surface area contributed by atoms with Crippen LogP contribution < -0.4 is 0 Å². The van der Waals surface area contributed by atoms with Gasteiger partial charge in [0.15, 0.2) is 6.36 Å². The van der Waals surface area contributed by atoms with Crippen LogP contribution >= 0.6 is 0 Å². The van der Waals surface area contributed by atoms with Gasteiger partial charge >= 0.3 is 0 Å². The van der Waals surface area contributed by atoms with Crippen molar-refractivity contribution in [2.24, 2.45) is 5.92 Å². The molecule has 1 fully saturated rings. The Morgan fingerprint density at radius 2 is 2.30 bits per heavy atom. The minimum Gasteiger partial charge on any atom is -0.345 e. The van der Waals surface area contributed by atoms with Crippen molar-refractivity contribution in [2.75, 3.05) is 0 Å². The fourth-order valence-electron chi connectivity index (χ4n) is 1.43. The minimum atomic E-state index is -1.08. The second kappa shape index (κ2) is 3.33. The van der Waals surface area contributed by atoms with E-state index in [9.17, 15) is 4.39 Å². The summed E-state index contributed by atoms with van der Waals surface area (Å²) in [6.07, 6.45) is 2.52. The van der Waals surface area contributed by atoms with Crippen molar-refractivity contribution in [3.63, 3.8) is 0 Å². The standard InChI is InChI=1S/C8H15FO/c1-3-7-4-5-8(7)10-6(2)9/h6-8H,3-5H2,1-2H3/t6?,7-,8-/m1/s1. The average molecular weight is 146 g/mol. The second-order valence-corrected chi connectivity index (χ2v) is 2.96. The van der Waals surface area contributed by atoms with E-state index >= 15 is 0 Å². The molecule has 3 atom stereocenters. The van der Waals surface area contributed by atoms with E-state index in [4.69, 9.17) is 4.74 Å². The number of halogens is 1. The molecule has 0 bridgehead atoms. The Labute approximate surface area is 61.6 Å². The fourth-order valence-corrected chi connectivity index (χ4v) is 1.43. The molecular weight excluding hydrogens is 131 g/mol. The zero-order valence-corrected chi connectivity index (χ0v) is 6.64. The molecule has 1 unspecified atom stereocenters. The third kappa shape index (κ3) is 1.69. The zero-order chi connectivity index (χ0) is 7.56. The summed E-state index contributed by atoms with van der Waals surface area (Å²) in [5, 5.41) is 0. The van der Waals surface area contributed by atoms with Gasteiger partial charge in [0.1, 0.15) is 0 Å². The summed E-state index contributed by atoms with van der Waals surface area (Å²) in [6, 6.07) is 0. The molecule has 0 aromatic heterocycles. The maximum atomic E-state index is 12.3. The van der Waals surface area contributed by atoms with E-state index in [1.165, 1.54) is 13.3 Å². The van der Waals surface area contributed by atoms with Gasteiger partial charge in [0, 0.05) is 0 Å². The molecule has 2 heteroatoms. The molecule has 60 valence electrons. The first-order valence-electron chi connectivity index (χ1n) is 4.03. The molecule has 1 nitrogen and oxygen atoms in total.